The zero-order chi connectivity index (χ0) is 13.1. The number of benzene rings is 1. The third kappa shape index (κ3) is 3.23. The molecule has 0 atom stereocenters. The molecule has 1 saturated heterocycles. The number of nitrogens with one attached hydrogen (secondary N) is 1. The van der Waals surface area contributed by atoms with Crippen LogP contribution in [0.1, 0.15) is 23.2 Å². The first-order valence-electron chi connectivity index (χ1n) is 5.70. The lowest BCUT2D eigenvalue weighted by molar-refractivity contribution is 0.0697. The van der Waals surface area contributed by atoms with Crippen molar-refractivity contribution in [3.8, 4) is 0 Å². The molecule has 6 heteroatoms. The van der Waals surface area contributed by atoms with Gasteiger partial charge in [-0.3, -0.25) is 4.21 Å². The van der Waals surface area contributed by atoms with Crippen molar-refractivity contribution in [2.24, 2.45) is 0 Å². The molecule has 0 spiro atoms. The van der Waals surface area contributed by atoms with Gasteiger partial charge >= 0.3 is 5.97 Å². The van der Waals surface area contributed by atoms with E-state index in [-0.39, 0.29) is 16.6 Å². The zero-order valence-electron chi connectivity index (χ0n) is 9.69. The Bertz CT molecular complexity index is 482. The minimum Gasteiger partial charge on any atom is -0.478 e. The molecule has 0 amide bonds. The van der Waals surface area contributed by atoms with E-state index >= 15 is 0 Å². The number of hydrogen-bond donors (Lipinski definition) is 2. The van der Waals surface area contributed by atoms with E-state index in [4.69, 9.17) is 16.7 Å². The SMILES string of the molecule is O=C(O)c1cc(NC2CCS(=O)CC2)ccc1Cl. The number of carboxylic acids is 1. The average Bonchev–Trinajstić information content (AvgIpc) is 2.34. The number of aromatic carboxylic acids is 1. The Morgan fingerprint density at radius 3 is 2.67 bits per heavy atom. The molecule has 0 radical (unpaired) electrons. The summed E-state index contributed by atoms with van der Waals surface area (Å²) in [7, 11) is -0.690. The van der Waals surface area contributed by atoms with Crippen LogP contribution in [0.5, 0.6) is 0 Å². The summed E-state index contributed by atoms with van der Waals surface area (Å²) in [6.07, 6.45) is 1.69. The van der Waals surface area contributed by atoms with E-state index in [9.17, 15) is 9.00 Å². The highest BCUT2D eigenvalue weighted by atomic mass is 35.5. The third-order valence-electron chi connectivity index (χ3n) is 2.96. The largest absolute Gasteiger partial charge is 0.478 e. The molecule has 0 saturated carbocycles. The highest BCUT2D eigenvalue weighted by Gasteiger charge is 2.18. The predicted molar refractivity (Wildman–Crippen MR) is 72.9 cm³/mol. The maximum atomic E-state index is 11.2. The quantitative estimate of drug-likeness (QED) is 0.896. The summed E-state index contributed by atoms with van der Waals surface area (Å²) in [4.78, 5) is 11.0. The lowest BCUT2D eigenvalue weighted by Gasteiger charge is -2.23. The van der Waals surface area contributed by atoms with Gasteiger partial charge in [0.15, 0.2) is 0 Å². The van der Waals surface area contributed by atoms with Crippen molar-refractivity contribution in [3.63, 3.8) is 0 Å². The molecule has 2 N–H and O–H groups in total. The molecule has 4 nitrogen and oxygen atoms in total. The van der Waals surface area contributed by atoms with Gasteiger partial charge in [0.1, 0.15) is 0 Å². The molecular weight excluding hydrogens is 274 g/mol. The second kappa shape index (κ2) is 5.71. The maximum Gasteiger partial charge on any atom is 0.337 e. The van der Waals surface area contributed by atoms with Gasteiger partial charge < -0.3 is 10.4 Å². The second-order valence-electron chi connectivity index (χ2n) is 4.27. The van der Waals surface area contributed by atoms with E-state index in [0.29, 0.717) is 11.5 Å². The van der Waals surface area contributed by atoms with Crippen LogP contribution in [-0.4, -0.2) is 32.8 Å². The van der Waals surface area contributed by atoms with Gasteiger partial charge in [0.25, 0.3) is 0 Å². The molecule has 1 aromatic carbocycles. The summed E-state index contributed by atoms with van der Waals surface area (Å²) in [5.41, 5.74) is 0.843. The van der Waals surface area contributed by atoms with Crippen LogP contribution in [0.15, 0.2) is 18.2 Å². The number of rotatable bonds is 3. The Labute approximate surface area is 113 Å². The molecule has 18 heavy (non-hydrogen) atoms. The van der Waals surface area contributed by atoms with Crippen molar-refractivity contribution in [3.05, 3.63) is 28.8 Å². The molecule has 0 aromatic heterocycles. The first kappa shape index (κ1) is 13.4. The first-order valence-corrected chi connectivity index (χ1v) is 7.57. The van der Waals surface area contributed by atoms with Crippen LogP contribution >= 0.6 is 11.6 Å². The predicted octanol–water partition coefficient (Wildman–Crippen LogP) is 2.36. The average molecular weight is 288 g/mol. The fourth-order valence-electron chi connectivity index (χ4n) is 1.95. The smallest absolute Gasteiger partial charge is 0.337 e. The Morgan fingerprint density at radius 2 is 2.06 bits per heavy atom. The summed E-state index contributed by atoms with van der Waals surface area (Å²) in [5.74, 6) is 0.377. The van der Waals surface area contributed by atoms with Crippen LogP contribution in [-0.2, 0) is 10.8 Å². The lowest BCUT2D eigenvalue weighted by Crippen LogP contribution is -2.29. The van der Waals surface area contributed by atoms with Crippen LogP contribution in [0.25, 0.3) is 0 Å². The topological polar surface area (TPSA) is 66.4 Å². The fraction of sp³-hybridized carbons (Fsp3) is 0.417. The highest BCUT2D eigenvalue weighted by molar-refractivity contribution is 7.85. The Hall–Kier alpha value is -1.07. The highest BCUT2D eigenvalue weighted by Crippen LogP contribution is 2.22. The third-order valence-corrected chi connectivity index (χ3v) is 4.67. The van der Waals surface area contributed by atoms with Gasteiger partial charge in [-0.2, -0.15) is 0 Å². The number of anilines is 1. The van der Waals surface area contributed by atoms with Crippen molar-refractivity contribution in [1.29, 1.82) is 0 Å². The van der Waals surface area contributed by atoms with Crippen LogP contribution in [0, 0.1) is 0 Å². The Balaban J connectivity index is 2.07. The van der Waals surface area contributed by atoms with Crippen LogP contribution < -0.4 is 5.32 Å². The van der Waals surface area contributed by atoms with Gasteiger partial charge in [-0.1, -0.05) is 11.6 Å². The Morgan fingerprint density at radius 1 is 1.39 bits per heavy atom. The van der Waals surface area contributed by atoms with Crippen molar-refractivity contribution in [2.45, 2.75) is 18.9 Å². The van der Waals surface area contributed by atoms with Crippen LogP contribution in [0.3, 0.4) is 0 Å². The first-order chi connectivity index (χ1) is 8.56. The summed E-state index contributed by atoms with van der Waals surface area (Å²) < 4.78 is 11.2. The molecule has 0 unspecified atom stereocenters. The van der Waals surface area contributed by atoms with Crippen LogP contribution in [0.2, 0.25) is 5.02 Å². The van der Waals surface area contributed by atoms with E-state index in [0.717, 1.165) is 18.5 Å². The minimum atomic E-state index is -1.03. The summed E-state index contributed by atoms with van der Waals surface area (Å²) in [6, 6.07) is 5.13. The molecule has 1 aliphatic rings. The van der Waals surface area contributed by atoms with Gasteiger partial charge in [-0.15, -0.1) is 0 Å². The molecule has 1 aromatic rings. The van der Waals surface area contributed by atoms with Crippen molar-refractivity contribution in [2.75, 3.05) is 16.8 Å². The van der Waals surface area contributed by atoms with Gasteiger partial charge in [0, 0.05) is 34.0 Å². The molecule has 0 aliphatic carbocycles. The summed E-state index contributed by atoms with van der Waals surface area (Å²) in [5, 5.41) is 12.5. The van der Waals surface area contributed by atoms with E-state index in [1.807, 2.05) is 0 Å². The van der Waals surface area contributed by atoms with E-state index in [1.54, 1.807) is 12.1 Å². The van der Waals surface area contributed by atoms with E-state index in [1.165, 1.54) is 6.07 Å². The van der Waals surface area contributed by atoms with E-state index in [2.05, 4.69) is 5.32 Å². The molecule has 1 aliphatic heterocycles. The monoisotopic (exact) mass is 287 g/mol. The normalized spacial score (nSPS) is 23.6. The molecular formula is C12H14ClNO3S. The molecule has 2 rings (SSSR count). The minimum absolute atomic E-state index is 0.0982. The fourth-order valence-corrected chi connectivity index (χ4v) is 3.45. The maximum absolute atomic E-state index is 11.2. The molecule has 98 valence electrons. The van der Waals surface area contributed by atoms with Gasteiger partial charge in [-0.25, -0.2) is 4.79 Å². The lowest BCUT2D eigenvalue weighted by atomic mass is 10.1. The number of carbonyl (C=O) groups is 1. The van der Waals surface area contributed by atoms with Crippen molar-refractivity contribution in [1.82, 2.24) is 0 Å². The Kier molecular flexibility index (Phi) is 4.24. The van der Waals surface area contributed by atoms with Crippen molar-refractivity contribution >= 4 is 34.1 Å². The van der Waals surface area contributed by atoms with Gasteiger partial charge in [0.05, 0.1) is 10.6 Å². The summed E-state index contributed by atoms with van der Waals surface area (Å²) in [6.45, 7) is 0. The van der Waals surface area contributed by atoms with Crippen LogP contribution in [0.4, 0.5) is 5.69 Å². The zero-order valence-corrected chi connectivity index (χ0v) is 11.3. The van der Waals surface area contributed by atoms with E-state index < -0.39 is 16.8 Å². The number of halogens is 1. The second-order valence-corrected chi connectivity index (χ2v) is 6.37. The molecule has 1 heterocycles. The standard InChI is InChI=1S/C12H14ClNO3S/c13-11-2-1-9(7-10(11)12(15)16)14-8-3-5-18(17)6-4-8/h1-2,7-8,14H,3-6H2,(H,15,16). The van der Waals surface area contributed by atoms with Gasteiger partial charge in [0.2, 0.25) is 0 Å². The summed E-state index contributed by atoms with van der Waals surface area (Å²) >= 11 is 5.80. The van der Waals surface area contributed by atoms with Crippen molar-refractivity contribution < 1.29 is 14.1 Å². The number of carboxylic acid groups (broad SMARTS) is 1. The van der Waals surface area contributed by atoms with Gasteiger partial charge in [-0.05, 0) is 31.0 Å². The number of hydrogen-bond acceptors (Lipinski definition) is 3. The molecule has 1 fully saturated rings. The molecule has 0 bridgehead atoms.